The van der Waals surface area contributed by atoms with E-state index >= 15 is 0 Å². The highest BCUT2D eigenvalue weighted by molar-refractivity contribution is 4.97. The second-order valence-electron chi connectivity index (χ2n) is 4.73. The van der Waals surface area contributed by atoms with Crippen molar-refractivity contribution in [2.45, 2.75) is 51.1 Å². The first-order chi connectivity index (χ1) is 6.35. The van der Waals surface area contributed by atoms with Crippen LogP contribution in [0, 0.1) is 11.8 Å². The smallest absolute Gasteiger partial charge is 0.0102 e. The second-order valence-corrected chi connectivity index (χ2v) is 4.73. The Morgan fingerprint density at radius 2 is 2.23 bits per heavy atom. The van der Waals surface area contributed by atoms with E-state index in [1.54, 1.807) is 0 Å². The van der Waals surface area contributed by atoms with Gasteiger partial charge in [0.2, 0.25) is 0 Å². The normalized spacial score (nSPS) is 43.8. The van der Waals surface area contributed by atoms with Crippen LogP contribution in [0.5, 0.6) is 0 Å². The molecule has 2 saturated heterocycles. The molecule has 0 amide bonds. The van der Waals surface area contributed by atoms with Crippen LogP contribution in [0.15, 0.2) is 0 Å². The molecule has 0 aromatic carbocycles. The Labute approximate surface area is 81.3 Å². The highest BCUT2D eigenvalue weighted by atomic mass is 15.0. The number of nitrogens with two attached hydrogens (primary N) is 1. The van der Waals surface area contributed by atoms with Crippen molar-refractivity contribution in [3.8, 4) is 0 Å². The Balaban J connectivity index is 2.01. The number of piperidine rings is 1. The number of fused-ring (bicyclic) bond motifs is 2. The van der Waals surface area contributed by atoms with E-state index in [-0.39, 0.29) is 0 Å². The van der Waals surface area contributed by atoms with Crippen LogP contribution in [0.25, 0.3) is 0 Å². The molecular formula is C11H22N2. The Morgan fingerprint density at radius 1 is 1.38 bits per heavy atom. The molecule has 0 aliphatic carbocycles. The molecule has 2 nitrogen and oxygen atoms in total. The van der Waals surface area contributed by atoms with Crippen LogP contribution in [-0.2, 0) is 0 Å². The van der Waals surface area contributed by atoms with E-state index in [0.717, 1.165) is 30.5 Å². The van der Waals surface area contributed by atoms with E-state index < -0.39 is 0 Å². The summed E-state index contributed by atoms with van der Waals surface area (Å²) >= 11 is 0. The van der Waals surface area contributed by atoms with Gasteiger partial charge in [-0.15, -0.1) is 0 Å². The number of rotatable bonds is 3. The minimum absolute atomic E-state index is 0.798. The summed E-state index contributed by atoms with van der Waals surface area (Å²) in [5.74, 6) is 1.67. The molecular weight excluding hydrogens is 160 g/mol. The fourth-order valence-electron chi connectivity index (χ4n) is 3.28. The fraction of sp³-hybridized carbons (Fsp3) is 1.00. The molecule has 2 aliphatic heterocycles. The monoisotopic (exact) mass is 182 g/mol. The van der Waals surface area contributed by atoms with Crippen molar-refractivity contribution in [3.63, 3.8) is 0 Å². The first-order valence-corrected chi connectivity index (χ1v) is 5.81. The zero-order valence-electron chi connectivity index (χ0n) is 8.63. The molecule has 0 saturated carbocycles. The summed E-state index contributed by atoms with van der Waals surface area (Å²) in [6.45, 7) is 3.19. The van der Waals surface area contributed by atoms with E-state index in [1.807, 2.05) is 0 Å². The molecule has 2 aliphatic rings. The van der Waals surface area contributed by atoms with Gasteiger partial charge in [0.15, 0.2) is 0 Å². The predicted molar refractivity (Wildman–Crippen MR) is 55.5 cm³/mol. The van der Waals surface area contributed by atoms with Crippen LogP contribution >= 0.6 is 0 Å². The molecule has 3 N–H and O–H groups in total. The third kappa shape index (κ3) is 1.75. The van der Waals surface area contributed by atoms with Gasteiger partial charge in [0.05, 0.1) is 0 Å². The molecule has 2 heteroatoms. The summed E-state index contributed by atoms with van der Waals surface area (Å²) in [5.41, 5.74) is 5.85. The molecule has 2 fully saturated rings. The lowest BCUT2D eigenvalue weighted by Gasteiger charge is -2.37. The van der Waals surface area contributed by atoms with Crippen molar-refractivity contribution in [2.24, 2.45) is 17.6 Å². The summed E-state index contributed by atoms with van der Waals surface area (Å²) in [4.78, 5) is 0. The quantitative estimate of drug-likeness (QED) is 0.694. The van der Waals surface area contributed by atoms with Gasteiger partial charge < -0.3 is 11.1 Å². The van der Waals surface area contributed by atoms with Crippen LogP contribution in [-0.4, -0.2) is 18.6 Å². The SMILES string of the molecule is CCCC1C(CN)CC2CCC1N2. The summed E-state index contributed by atoms with van der Waals surface area (Å²) < 4.78 is 0. The lowest BCUT2D eigenvalue weighted by molar-refractivity contribution is 0.185. The van der Waals surface area contributed by atoms with E-state index in [1.165, 1.54) is 32.1 Å². The second kappa shape index (κ2) is 3.97. The first-order valence-electron chi connectivity index (χ1n) is 5.81. The lowest BCUT2D eigenvalue weighted by atomic mass is 9.79. The standard InChI is InChI=1S/C11H22N2/c1-2-3-10-8(7-12)6-9-4-5-11(10)13-9/h8-11,13H,2-7,12H2,1H3. The maximum absolute atomic E-state index is 5.85. The Kier molecular flexibility index (Phi) is 2.89. The van der Waals surface area contributed by atoms with Gasteiger partial charge in [-0.3, -0.25) is 0 Å². The van der Waals surface area contributed by atoms with E-state index in [2.05, 4.69) is 12.2 Å². The van der Waals surface area contributed by atoms with Gasteiger partial charge in [-0.2, -0.15) is 0 Å². The van der Waals surface area contributed by atoms with Crippen molar-refractivity contribution < 1.29 is 0 Å². The Bertz CT molecular complexity index is 169. The first kappa shape index (κ1) is 9.47. The third-order valence-electron chi connectivity index (χ3n) is 3.91. The predicted octanol–water partition coefficient (Wildman–Crippen LogP) is 1.50. The molecule has 0 aromatic heterocycles. The van der Waals surface area contributed by atoms with Crippen LogP contribution in [0.4, 0.5) is 0 Å². The maximum atomic E-state index is 5.85. The van der Waals surface area contributed by atoms with E-state index in [9.17, 15) is 0 Å². The number of hydrogen-bond acceptors (Lipinski definition) is 2. The fourth-order valence-corrected chi connectivity index (χ4v) is 3.28. The van der Waals surface area contributed by atoms with Gasteiger partial charge in [-0.05, 0) is 44.1 Å². The number of nitrogens with one attached hydrogen (secondary N) is 1. The highest BCUT2D eigenvalue weighted by Gasteiger charge is 2.39. The molecule has 0 spiro atoms. The zero-order valence-corrected chi connectivity index (χ0v) is 8.63. The van der Waals surface area contributed by atoms with Crippen molar-refractivity contribution >= 4 is 0 Å². The van der Waals surface area contributed by atoms with Gasteiger partial charge in [-0.1, -0.05) is 13.3 Å². The van der Waals surface area contributed by atoms with Gasteiger partial charge in [0, 0.05) is 12.1 Å². The Morgan fingerprint density at radius 3 is 2.92 bits per heavy atom. The largest absolute Gasteiger partial charge is 0.330 e. The summed E-state index contributed by atoms with van der Waals surface area (Å²) in [7, 11) is 0. The van der Waals surface area contributed by atoms with Crippen LogP contribution < -0.4 is 11.1 Å². The third-order valence-corrected chi connectivity index (χ3v) is 3.91. The van der Waals surface area contributed by atoms with Crippen LogP contribution in [0.3, 0.4) is 0 Å². The molecule has 2 bridgehead atoms. The van der Waals surface area contributed by atoms with Gasteiger partial charge in [0.1, 0.15) is 0 Å². The minimum Gasteiger partial charge on any atom is -0.330 e. The molecule has 0 radical (unpaired) electrons. The average molecular weight is 182 g/mol. The topological polar surface area (TPSA) is 38.0 Å². The highest BCUT2D eigenvalue weighted by Crippen LogP contribution is 2.37. The minimum atomic E-state index is 0.798. The van der Waals surface area contributed by atoms with Crippen molar-refractivity contribution in [1.29, 1.82) is 0 Å². The molecule has 0 aromatic rings. The Hall–Kier alpha value is -0.0800. The zero-order chi connectivity index (χ0) is 9.26. The number of hydrogen-bond donors (Lipinski definition) is 2. The summed E-state index contributed by atoms with van der Waals surface area (Å²) in [5, 5.41) is 3.73. The van der Waals surface area contributed by atoms with Gasteiger partial charge in [-0.25, -0.2) is 0 Å². The maximum Gasteiger partial charge on any atom is 0.0102 e. The lowest BCUT2D eigenvalue weighted by Crippen LogP contribution is -2.47. The molecule has 4 atom stereocenters. The van der Waals surface area contributed by atoms with Gasteiger partial charge in [0.25, 0.3) is 0 Å². The summed E-state index contributed by atoms with van der Waals surface area (Å²) in [6, 6.07) is 1.60. The van der Waals surface area contributed by atoms with E-state index in [4.69, 9.17) is 5.73 Å². The van der Waals surface area contributed by atoms with Gasteiger partial charge >= 0.3 is 0 Å². The van der Waals surface area contributed by atoms with Crippen molar-refractivity contribution in [1.82, 2.24) is 5.32 Å². The van der Waals surface area contributed by atoms with Crippen molar-refractivity contribution in [3.05, 3.63) is 0 Å². The average Bonchev–Trinajstić information content (AvgIpc) is 2.54. The summed E-state index contributed by atoms with van der Waals surface area (Å²) in [6.07, 6.45) is 6.79. The molecule has 13 heavy (non-hydrogen) atoms. The molecule has 2 rings (SSSR count). The van der Waals surface area contributed by atoms with Crippen LogP contribution in [0.1, 0.15) is 39.0 Å². The van der Waals surface area contributed by atoms with E-state index in [0.29, 0.717) is 0 Å². The van der Waals surface area contributed by atoms with Crippen LogP contribution in [0.2, 0.25) is 0 Å². The molecule has 2 heterocycles. The molecule has 76 valence electrons. The van der Waals surface area contributed by atoms with Crippen molar-refractivity contribution in [2.75, 3.05) is 6.54 Å². The molecule has 4 unspecified atom stereocenters.